The summed E-state index contributed by atoms with van der Waals surface area (Å²) in [5.74, 6) is 2.22. The molecule has 0 fully saturated rings. The molecule has 88 valence electrons. The van der Waals surface area contributed by atoms with E-state index in [4.69, 9.17) is 14.2 Å². The van der Waals surface area contributed by atoms with E-state index in [0.29, 0.717) is 6.42 Å². The third-order valence-electron chi connectivity index (χ3n) is 1.95. The van der Waals surface area contributed by atoms with Crippen LogP contribution in [0.25, 0.3) is 0 Å². The average Bonchev–Trinajstić information content (AvgIpc) is 2.18. The van der Waals surface area contributed by atoms with Gasteiger partial charge in [-0.2, -0.15) is 0 Å². The maximum atomic E-state index is 5.17. The van der Waals surface area contributed by atoms with Crippen LogP contribution >= 0.6 is 0 Å². The molecule has 0 aliphatic carbocycles. The van der Waals surface area contributed by atoms with Crippen molar-refractivity contribution < 1.29 is 14.2 Å². The molecule has 0 bridgehead atoms. The second kappa shape index (κ2) is 6.29. The van der Waals surface area contributed by atoms with Crippen molar-refractivity contribution in [2.24, 2.45) is 0 Å². The highest BCUT2D eigenvalue weighted by Gasteiger charge is 2.28. The molecule has 0 radical (unpaired) electrons. The zero-order chi connectivity index (χ0) is 11.9. The van der Waals surface area contributed by atoms with Gasteiger partial charge in [0.15, 0.2) is 0 Å². The van der Waals surface area contributed by atoms with E-state index in [1.54, 1.807) is 21.3 Å². The molecule has 0 saturated heterocycles. The van der Waals surface area contributed by atoms with E-state index in [1.807, 2.05) is 0 Å². The van der Waals surface area contributed by atoms with E-state index in [1.165, 1.54) is 0 Å². The second-order valence-corrected chi connectivity index (χ2v) is 9.10. The lowest BCUT2D eigenvalue weighted by Crippen LogP contribution is -2.35. The van der Waals surface area contributed by atoms with Crippen molar-refractivity contribution >= 4 is 8.07 Å². The molecule has 0 aromatic rings. The van der Waals surface area contributed by atoms with Crippen LogP contribution in [0.3, 0.4) is 0 Å². The van der Waals surface area contributed by atoms with Gasteiger partial charge in [0.1, 0.15) is 8.07 Å². The van der Waals surface area contributed by atoms with Gasteiger partial charge < -0.3 is 14.2 Å². The highest BCUT2D eigenvalue weighted by molar-refractivity contribution is 6.83. The first-order chi connectivity index (χ1) is 6.89. The summed E-state index contributed by atoms with van der Waals surface area (Å²) in [4.78, 5) is 0. The number of hydrogen-bond acceptors (Lipinski definition) is 3. The summed E-state index contributed by atoms with van der Waals surface area (Å²) in [7, 11) is 3.44. The minimum atomic E-state index is -1.27. The van der Waals surface area contributed by atoms with Crippen LogP contribution in [0.1, 0.15) is 12.8 Å². The Bertz CT molecular complexity index is 222. The van der Waals surface area contributed by atoms with Crippen molar-refractivity contribution in [2.75, 3.05) is 21.3 Å². The van der Waals surface area contributed by atoms with Crippen LogP contribution in [0.4, 0.5) is 0 Å². The Morgan fingerprint density at radius 2 is 1.47 bits per heavy atom. The Balaban J connectivity index is 4.17. The van der Waals surface area contributed by atoms with Crippen molar-refractivity contribution in [2.45, 2.75) is 38.5 Å². The van der Waals surface area contributed by atoms with Gasteiger partial charge in [-0.3, -0.25) is 0 Å². The summed E-state index contributed by atoms with van der Waals surface area (Å²) >= 11 is 0. The molecule has 0 spiro atoms. The van der Waals surface area contributed by atoms with Gasteiger partial charge in [-0.05, 0) is 0 Å². The molecule has 0 amide bonds. The van der Waals surface area contributed by atoms with Crippen molar-refractivity contribution in [1.82, 2.24) is 0 Å². The SMILES string of the molecule is COC(CCC#C[Si](C)(C)C)(OC)OC. The largest absolute Gasteiger partial charge is 0.331 e. The summed E-state index contributed by atoms with van der Waals surface area (Å²) < 4.78 is 15.5. The van der Waals surface area contributed by atoms with Crippen LogP contribution in [-0.4, -0.2) is 35.4 Å². The van der Waals surface area contributed by atoms with Gasteiger partial charge >= 0.3 is 0 Å². The van der Waals surface area contributed by atoms with Gasteiger partial charge in [0, 0.05) is 34.2 Å². The maximum Gasteiger partial charge on any atom is 0.283 e. The number of rotatable bonds is 5. The Morgan fingerprint density at radius 3 is 1.80 bits per heavy atom. The first-order valence-corrected chi connectivity index (χ1v) is 8.54. The standard InChI is InChI=1S/C11H22O3Si/c1-12-11(13-2,14-3)9-7-8-10-15(4,5)6/h7,9H2,1-6H3. The zero-order valence-corrected chi connectivity index (χ0v) is 11.6. The summed E-state index contributed by atoms with van der Waals surface area (Å²) in [5, 5.41) is 0. The fraction of sp³-hybridized carbons (Fsp3) is 0.818. The lowest BCUT2D eigenvalue weighted by molar-refractivity contribution is -0.354. The third-order valence-corrected chi connectivity index (χ3v) is 2.88. The molecular weight excluding hydrogens is 208 g/mol. The fourth-order valence-corrected chi connectivity index (χ4v) is 1.75. The summed E-state index contributed by atoms with van der Waals surface area (Å²) in [6, 6.07) is 0. The van der Waals surface area contributed by atoms with E-state index in [0.717, 1.165) is 6.42 Å². The highest BCUT2D eigenvalue weighted by Crippen LogP contribution is 2.18. The number of hydrogen-bond donors (Lipinski definition) is 0. The lowest BCUT2D eigenvalue weighted by atomic mass is 10.3. The maximum absolute atomic E-state index is 5.17. The van der Waals surface area contributed by atoms with Crippen LogP contribution in [0.2, 0.25) is 19.6 Å². The molecule has 3 nitrogen and oxygen atoms in total. The monoisotopic (exact) mass is 230 g/mol. The van der Waals surface area contributed by atoms with Crippen LogP contribution < -0.4 is 0 Å². The van der Waals surface area contributed by atoms with Crippen molar-refractivity contribution in [1.29, 1.82) is 0 Å². The molecule has 0 aliphatic rings. The van der Waals surface area contributed by atoms with Crippen molar-refractivity contribution in [3.05, 3.63) is 0 Å². The van der Waals surface area contributed by atoms with Gasteiger partial charge in [-0.25, -0.2) is 0 Å². The van der Waals surface area contributed by atoms with E-state index >= 15 is 0 Å². The van der Waals surface area contributed by atoms with Gasteiger partial charge in [0.25, 0.3) is 5.97 Å². The molecule has 0 unspecified atom stereocenters. The minimum absolute atomic E-state index is 0.619. The third kappa shape index (κ3) is 5.95. The highest BCUT2D eigenvalue weighted by atomic mass is 28.3. The van der Waals surface area contributed by atoms with Gasteiger partial charge in [-0.15, -0.1) is 11.5 Å². The van der Waals surface area contributed by atoms with Crippen LogP contribution in [-0.2, 0) is 14.2 Å². The molecule has 0 aromatic carbocycles. The van der Waals surface area contributed by atoms with Crippen LogP contribution in [0.15, 0.2) is 0 Å². The molecule has 4 heteroatoms. The smallest absolute Gasteiger partial charge is 0.283 e. The molecule has 0 saturated carbocycles. The first kappa shape index (κ1) is 14.7. The zero-order valence-electron chi connectivity index (χ0n) is 10.6. The van der Waals surface area contributed by atoms with E-state index in [2.05, 4.69) is 31.1 Å². The van der Waals surface area contributed by atoms with E-state index in [-0.39, 0.29) is 0 Å². The molecule has 0 aromatic heterocycles. The number of ether oxygens (including phenoxy) is 3. The molecule has 0 atom stereocenters. The summed E-state index contributed by atoms with van der Waals surface area (Å²) in [5.41, 5.74) is 3.29. The Kier molecular flexibility index (Phi) is 6.14. The van der Waals surface area contributed by atoms with Gasteiger partial charge in [-0.1, -0.05) is 19.6 Å². The summed E-state index contributed by atoms with van der Waals surface area (Å²) in [6.07, 6.45) is 1.34. The Hall–Kier alpha value is -0.343. The molecule has 0 heterocycles. The predicted octanol–water partition coefficient (Wildman–Crippen LogP) is 2.24. The topological polar surface area (TPSA) is 27.7 Å². The van der Waals surface area contributed by atoms with Crippen molar-refractivity contribution in [3.8, 4) is 11.5 Å². The number of methoxy groups -OCH3 is 3. The molecule has 0 N–H and O–H groups in total. The first-order valence-electron chi connectivity index (χ1n) is 5.04. The molecule has 0 rings (SSSR count). The van der Waals surface area contributed by atoms with Crippen molar-refractivity contribution in [3.63, 3.8) is 0 Å². The van der Waals surface area contributed by atoms with E-state index in [9.17, 15) is 0 Å². The summed E-state index contributed by atoms with van der Waals surface area (Å²) in [6.45, 7) is 6.66. The predicted molar refractivity (Wildman–Crippen MR) is 64.1 cm³/mol. The quantitative estimate of drug-likeness (QED) is 0.412. The lowest BCUT2D eigenvalue weighted by Gasteiger charge is -2.27. The minimum Gasteiger partial charge on any atom is -0.331 e. The van der Waals surface area contributed by atoms with Crippen LogP contribution in [0.5, 0.6) is 0 Å². The van der Waals surface area contributed by atoms with Gasteiger partial charge in [0.2, 0.25) is 0 Å². The fourth-order valence-electron chi connectivity index (χ4n) is 1.10. The normalized spacial score (nSPS) is 12.1. The van der Waals surface area contributed by atoms with Crippen LogP contribution in [0, 0.1) is 11.5 Å². The van der Waals surface area contributed by atoms with E-state index < -0.39 is 14.0 Å². The molecule has 0 aliphatic heterocycles. The second-order valence-electron chi connectivity index (χ2n) is 4.35. The Labute approximate surface area is 94.1 Å². The average molecular weight is 230 g/mol. The molecule has 15 heavy (non-hydrogen) atoms. The Morgan fingerprint density at radius 1 is 1.00 bits per heavy atom. The molecular formula is C11H22O3Si. The van der Waals surface area contributed by atoms with Gasteiger partial charge in [0.05, 0.1) is 0 Å².